The Labute approximate surface area is 142 Å². The third-order valence-electron chi connectivity index (χ3n) is 4.44. The van der Waals surface area contributed by atoms with Gasteiger partial charge in [0.2, 0.25) is 0 Å². The summed E-state index contributed by atoms with van der Waals surface area (Å²) in [5, 5.41) is 6.73. The molecule has 2 N–H and O–H groups in total. The highest BCUT2D eigenvalue weighted by molar-refractivity contribution is 5.68. The van der Waals surface area contributed by atoms with E-state index in [2.05, 4.69) is 43.5 Å². The van der Waals surface area contributed by atoms with Crippen molar-refractivity contribution < 1.29 is 9.53 Å². The molecular formula is C18H37N3O2. The molecule has 3 unspecified atom stereocenters. The van der Waals surface area contributed by atoms with Crippen LogP contribution >= 0.6 is 0 Å². The van der Waals surface area contributed by atoms with E-state index < -0.39 is 5.60 Å². The second-order valence-corrected chi connectivity index (χ2v) is 8.39. The summed E-state index contributed by atoms with van der Waals surface area (Å²) in [6, 6.07) is 1.23. The number of nitrogens with zero attached hydrogens (tertiary/aromatic N) is 1. The number of amides is 1. The summed E-state index contributed by atoms with van der Waals surface area (Å²) >= 11 is 0. The first-order valence-corrected chi connectivity index (χ1v) is 8.98. The van der Waals surface area contributed by atoms with Gasteiger partial charge >= 0.3 is 6.09 Å². The Balaban J connectivity index is 2.41. The van der Waals surface area contributed by atoms with Gasteiger partial charge in [-0.15, -0.1) is 0 Å². The highest BCUT2D eigenvalue weighted by Crippen LogP contribution is 2.20. The molecule has 1 amide bonds. The van der Waals surface area contributed by atoms with Crippen molar-refractivity contribution in [3.8, 4) is 0 Å². The molecule has 1 rings (SSSR count). The van der Waals surface area contributed by atoms with E-state index in [9.17, 15) is 4.79 Å². The smallest absolute Gasteiger partial charge is 0.407 e. The lowest BCUT2D eigenvalue weighted by atomic mass is 9.90. The summed E-state index contributed by atoms with van der Waals surface area (Å²) < 4.78 is 5.36. The lowest BCUT2D eigenvalue weighted by Crippen LogP contribution is -2.49. The van der Waals surface area contributed by atoms with E-state index >= 15 is 0 Å². The Morgan fingerprint density at radius 3 is 2.35 bits per heavy atom. The van der Waals surface area contributed by atoms with E-state index in [-0.39, 0.29) is 12.1 Å². The van der Waals surface area contributed by atoms with Crippen molar-refractivity contribution in [1.29, 1.82) is 0 Å². The summed E-state index contributed by atoms with van der Waals surface area (Å²) in [5.41, 5.74) is -0.438. The molecule has 0 radical (unpaired) electrons. The van der Waals surface area contributed by atoms with Crippen molar-refractivity contribution in [3.63, 3.8) is 0 Å². The van der Waals surface area contributed by atoms with Crippen molar-refractivity contribution in [1.82, 2.24) is 15.5 Å². The SMILES string of the molecule is CC(C)C(CNC1CCCC(NC(=O)OC(C)(C)C)C1)N(C)C. The van der Waals surface area contributed by atoms with Crippen molar-refractivity contribution in [2.24, 2.45) is 5.92 Å². The van der Waals surface area contributed by atoms with Crippen LogP contribution < -0.4 is 10.6 Å². The van der Waals surface area contributed by atoms with Gasteiger partial charge in [0.1, 0.15) is 5.60 Å². The van der Waals surface area contributed by atoms with Crippen LogP contribution in [0.4, 0.5) is 4.79 Å². The van der Waals surface area contributed by atoms with Gasteiger partial charge in [-0.2, -0.15) is 0 Å². The second kappa shape index (κ2) is 8.88. The van der Waals surface area contributed by atoms with Crippen LogP contribution in [0.15, 0.2) is 0 Å². The number of hydrogen-bond acceptors (Lipinski definition) is 4. The summed E-state index contributed by atoms with van der Waals surface area (Å²) in [5.74, 6) is 0.622. The fourth-order valence-electron chi connectivity index (χ4n) is 3.28. The van der Waals surface area contributed by atoms with Crippen molar-refractivity contribution >= 4 is 6.09 Å². The number of carbonyl (C=O) groups is 1. The van der Waals surface area contributed by atoms with Gasteiger partial charge in [-0.05, 0) is 66.5 Å². The van der Waals surface area contributed by atoms with Crippen LogP contribution in [0.1, 0.15) is 60.3 Å². The van der Waals surface area contributed by atoms with Crippen LogP contribution in [0.25, 0.3) is 0 Å². The lowest BCUT2D eigenvalue weighted by Gasteiger charge is -2.34. The predicted octanol–water partition coefficient (Wildman–Crippen LogP) is 3.00. The minimum atomic E-state index is -0.438. The molecule has 5 nitrogen and oxygen atoms in total. The van der Waals surface area contributed by atoms with Crippen molar-refractivity contribution in [2.45, 2.75) is 84.0 Å². The molecule has 1 aliphatic rings. The van der Waals surface area contributed by atoms with Crippen molar-refractivity contribution in [2.75, 3.05) is 20.6 Å². The van der Waals surface area contributed by atoms with Gasteiger partial charge in [-0.3, -0.25) is 0 Å². The highest BCUT2D eigenvalue weighted by atomic mass is 16.6. The first-order chi connectivity index (χ1) is 10.6. The zero-order chi connectivity index (χ0) is 17.6. The minimum Gasteiger partial charge on any atom is -0.444 e. The highest BCUT2D eigenvalue weighted by Gasteiger charge is 2.26. The van der Waals surface area contributed by atoms with Crippen LogP contribution in [0.2, 0.25) is 0 Å². The normalized spacial score (nSPS) is 23.9. The fraction of sp³-hybridized carbons (Fsp3) is 0.944. The van der Waals surface area contributed by atoms with Gasteiger partial charge in [0.25, 0.3) is 0 Å². The van der Waals surface area contributed by atoms with Crippen LogP contribution in [0.5, 0.6) is 0 Å². The Morgan fingerprint density at radius 1 is 1.22 bits per heavy atom. The molecule has 0 spiro atoms. The van der Waals surface area contributed by atoms with E-state index in [1.807, 2.05) is 20.8 Å². The Bertz CT molecular complexity index is 356. The molecule has 0 heterocycles. The monoisotopic (exact) mass is 327 g/mol. The maximum atomic E-state index is 11.9. The average molecular weight is 328 g/mol. The quantitative estimate of drug-likeness (QED) is 0.787. The summed E-state index contributed by atoms with van der Waals surface area (Å²) in [4.78, 5) is 14.2. The minimum absolute atomic E-state index is 0.216. The summed E-state index contributed by atoms with van der Waals surface area (Å²) in [6.45, 7) is 11.2. The van der Waals surface area contributed by atoms with Gasteiger partial charge in [0, 0.05) is 24.7 Å². The van der Waals surface area contributed by atoms with Crippen LogP contribution in [0, 0.1) is 5.92 Å². The number of rotatable bonds is 6. The van der Waals surface area contributed by atoms with Gasteiger partial charge in [-0.25, -0.2) is 4.79 Å². The largest absolute Gasteiger partial charge is 0.444 e. The van der Waals surface area contributed by atoms with E-state index in [0.29, 0.717) is 18.0 Å². The van der Waals surface area contributed by atoms with Crippen molar-refractivity contribution in [3.05, 3.63) is 0 Å². The Hall–Kier alpha value is -0.810. The molecule has 0 aliphatic heterocycles. The Kier molecular flexibility index (Phi) is 7.81. The summed E-state index contributed by atoms with van der Waals surface area (Å²) in [6.07, 6.45) is 4.06. The molecule has 0 aromatic heterocycles. The third kappa shape index (κ3) is 8.02. The number of nitrogens with one attached hydrogen (secondary N) is 2. The maximum absolute atomic E-state index is 11.9. The van der Waals surface area contributed by atoms with Gasteiger partial charge in [-0.1, -0.05) is 13.8 Å². The number of hydrogen-bond donors (Lipinski definition) is 2. The van der Waals surface area contributed by atoms with E-state index in [0.717, 1.165) is 25.8 Å². The molecule has 0 saturated heterocycles. The first-order valence-electron chi connectivity index (χ1n) is 8.98. The van der Waals surface area contributed by atoms with Gasteiger partial charge in [0.15, 0.2) is 0 Å². The molecule has 136 valence electrons. The molecule has 5 heteroatoms. The topological polar surface area (TPSA) is 53.6 Å². The lowest BCUT2D eigenvalue weighted by molar-refractivity contribution is 0.0488. The zero-order valence-corrected chi connectivity index (χ0v) is 16.1. The molecule has 23 heavy (non-hydrogen) atoms. The van der Waals surface area contributed by atoms with E-state index in [1.165, 1.54) is 6.42 Å². The first kappa shape index (κ1) is 20.2. The molecule has 1 aliphatic carbocycles. The molecule has 0 bridgehead atoms. The maximum Gasteiger partial charge on any atom is 0.407 e. The number of ether oxygens (including phenoxy) is 1. The van der Waals surface area contributed by atoms with Crippen LogP contribution in [-0.4, -0.2) is 55.4 Å². The number of likely N-dealkylation sites (N-methyl/N-ethyl adjacent to an activating group) is 1. The molecule has 1 saturated carbocycles. The van der Waals surface area contributed by atoms with Crippen LogP contribution in [0.3, 0.4) is 0 Å². The van der Waals surface area contributed by atoms with Crippen LogP contribution in [-0.2, 0) is 4.74 Å². The van der Waals surface area contributed by atoms with E-state index in [1.54, 1.807) is 0 Å². The van der Waals surface area contributed by atoms with Gasteiger partial charge in [0.05, 0.1) is 0 Å². The third-order valence-corrected chi connectivity index (χ3v) is 4.44. The fourth-order valence-corrected chi connectivity index (χ4v) is 3.28. The molecular weight excluding hydrogens is 290 g/mol. The molecule has 3 atom stereocenters. The van der Waals surface area contributed by atoms with E-state index in [4.69, 9.17) is 4.74 Å². The molecule has 0 aromatic carbocycles. The second-order valence-electron chi connectivity index (χ2n) is 8.39. The number of alkyl carbamates (subject to hydrolysis) is 1. The Morgan fingerprint density at radius 2 is 1.83 bits per heavy atom. The molecule has 0 aromatic rings. The predicted molar refractivity (Wildman–Crippen MR) is 95.7 cm³/mol. The average Bonchev–Trinajstić information content (AvgIpc) is 2.35. The zero-order valence-electron chi connectivity index (χ0n) is 16.1. The standard InChI is InChI=1S/C18H37N3O2/c1-13(2)16(21(6)7)12-19-14-9-8-10-15(11-14)20-17(22)23-18(3,4)5/h13-16,19H,8-12H2,1-7H3,(H,20,22). The number of carbonyl (C=O) groups excluding carboxylic acids is 1. The molecule has 1 fully saturated rings. The summed E-state index contributed by atoms with van der Waals surface area (Å²) in [7, 11) is 4.28. The van der Waals surface area contributed by atoms with Gasteiger partial charge < -0.3 is 20.3 Å².